The van der Waals surface area contributed by atoms with Gasteiger partial charge in [0.2, 0.25) is 0 Å². The van der Waals surface area contributed by atoms with Gasteiger partial charge in [0.05, 0.1) is 22.2 Å². The van der Waals surface area contributed by atoms with Gasteiger partial charge in [-0.3, -0.25) is 0 Å². The fourth-order valence-corrected chi connectivity index (χ4v) is 8.25. The van der Waals surface area contributed by atoms with Crippen molar-refractivity contribution in [3.05, 3.63) is 194 Å². The molecule has 8 aromatic carbocycles. The van der Waals surface area contributed by atoms with Crippen molar-refractivity contribution in [3.63, 3.8) is 0 Å². The SMILES string of the molecule is c1ccc(-c2ccc3c4ccc(-c5ccccc5)cc4n(-c4ccc5c(c4)oc4cccc(-c6cc(-c7ccccc7)c7ccccc7n6)c45)c3c2)cc1. The Morgan fingerprint density at radius 2 is 0.963 bits per heavy atom. The first-order chi connectivity index (χ1) is 26.8. The number of aromatic nitrogens is 2. The highest BCUT2D eigenvalue weighted by Crippen LogP contribution is 2.42. The van der Waals surface area contributed by atoms with E-state index in [4.69, 9.17) is 9.40 Å². The maximum absolute atomic E-state index is 6.72. The molecule has 0 bridgehead atoms. The van der Waals surface area contributed by atoms with Gasteiger partial charge < -0.3 is 8.98 Å². The monoisotopic (exact) mass is 688 g/mol. The second-order valence-corrected chi connectivity index (χ2v) is 13.9. The average Bonchev–Trinajstić information content (AvgIpc) is 3.78. The quantitative estimate of drug-likeness (QED) is 0.180. The average molecular weight is 689 g/mol. The summed E-state index contributed by atoms with van der Waals surface area (Å²) in [5.41, 5.74) is 15.1. The lowest BCUT2D eigenvalue weighted by atomic mass is 9.96. The first-order valence-electron chi connectivity index (χ1n) is 18.4. The minimum Gasteiger partial charge on any atom is -0.456 e. The van der Waals surface area contributed by atoms with Crippen molar-refractivity contribution < 1.29 is 4.42 Å². The Hall–Kier alpha value is -7.23. The molecule has 3 heteroatoms. The van der Waals surface area contributed by atoms with Crippen LogP contribution in [0, 0.1) is 0 Å². The van der Waals surface area contributed by atoms with Crippen molar-refractivity contribution in [2.24, 2.45) is 0 Å². The molecule has 0 fully saturated rings. The van der Waals surface area contributed by atoms with Gasteiger partial charge in [-0.15, -0.1) is 0 Å². The van der Waals surface area contributed by atoms with Gasteiger partial charge in [-0.05, 0) is 75.8 Å². The second kappa shape index (κ2) is 12.2. The summed E-state index contributed by atoms with van der Waals surface area (Å²) in [6, 6.07) is 69.0. The summed E-state index contributed by atoms with van der Waals surface area (Å²) >= 11 is 0. The molecule has 0 unspecified atom stereocenters. The molecule has 0 saturated carbocycles. The predicted octanol–water partition coefficient (Wildman–Crippen LogP) is 13.9. The van der Waals surface area contributed by atoms with Crippen molar-refractivity contribution in [1.29, 1.82) is 0 Å². The molecule has 0 aliphatic carbocycles. The van der Waals surface area contributed by atoms with Gasteiger partial charge in [0.25, 0.3) is 0 Å². The number of nitrogens with zero attached hydrogens (tertiary/aromatic N) is 2. The Bertz CT molecular complexity index is 3100. The van der Waals surface area contributed by atoms with Gasteiger partial charge in [-0.2, -0.15) is 0 Å². The van der Waals surface area contributed by atoms with Crippen molar-refractivity contribution in [1.82, 2.24) is 9.55 Å². The number of hydrogen-bond donors (Lipinski definition) is 0. The molecule has 54 heavy (non-hydrogen) atoms. The van der Waals surface area contributed by atoms with Gasteiger partial charge in [0, 0.05) is 44.2 Å². The zero-order chi connectivity index (χ0) is 35.6. The first kappa shape index (κ1) is 30.4. The van der Waals surface area contributed by atoms with E-state index in [0.29, 0.717) is 0 Å². The van der Waals surface area contributed by atoms with E-state index in [9.17, 15) is 0 Å². The molecule has 0 saturated heterocycles. The van der Waals surface area contributed by atoms with E-state index >= 15 is 0 Å². The number of fused-ring (bicyclic) bond motifs is 7. The molecule has 0 atom stereocenters. The van der Waals surface area contributed by atoms with E-state index in [1.807, 2.05) is 0 Å². The molecule has 3 aromatic heterocycles. The van der Waals surface area contributed by atoms with Crippen LogP contribution in [-0.2, 0) is 0 Å². The van der Waals surface area contributed by atoms with Crippen molar-refractivity contribution in [2.45, 2.75) is 0 Å². The maximum atomic E-state index is 6.72. The molecule has 3 heterocycles. The lowest BCUT2D eigenvalue weighted by Gasteiger charge is -2.11. The number of para-hydroxylation sites is 1. The summed E-state index contributed by atoms with van der Waals surface area (Å²) in [4.78, 5) is 5.22. The van der Waals surface area contributed by atoms with Crippen LogP contribution in [0.5, 0.6) is 0 Å². The molecule has 0 amide bonds. The molecule has 3 nitrogen and oxygen atoms in total. The summed E-state index contributed by atoms with van der Waals surface area (Å²) < 4.78 is 9.12. The maximum Gasteiger partial charge on any atom is 0.137 e. The van der Waals surface area contributed by atoms with Gasteiger partial charge in [-0.1, -0.05) is 146 Å². The Morgan fingerprint density at radius 1 is 0.370 bits per heavy atom. The Balaban J connectivity index is 1.13. The Morgan fingerprint density at radius 3 is 1.63 bits per heavy atom. The third-order valence-electron chi connectivity index (χ3n) is 10.8. The first-order valence-corrected chi connectivity index (χ1v) is 18.4. The van der Waals surface area contributed by atoms with E-state index in [2.05, 4.69) is 199 Å². The lowest BCUT2D eigenvalue weighted by Crippen LogP contribution is -1.94. The number of rotatable bonds is 5. The number of benzene rings is 8. The minimum absolute atomic E-state index is 0.840. The Labute approximate surface area is 312 Å². The van der Waals surface area contributed by atoms with Crippen molar-refractivity contribution in [3.8, 4) is 50.3 Å². The summed E-state index contributed by atoms with van der Waals surface area (Å²) in [7, 11) is 0. The van der Waals surface area contributed by atoms with Crippen LogP contribution < -0.4 is 0 Å². The molecular formula is C51H32N2O. The fourth-order valence-electron chi connectivity index (χ4n) is 8.25. The predicted molar refractivity (Wildman–Crippen MR) is 225 cm³/mol. The van der Waals surface area contributed by atoms with Crippen LogP contribution in [-0.4, -0.2) is 9.55 Å². The zero-order valence-corrected chi connectivity index (χ0v) is 29.3. The zero-order valence-electron chi connectivity index (χ0n) is 29.3. The van der Waals surface area contributed by atoms with E-state index in [-0.39, 0.29) is 0 Å². The van der Waals surface area contributed by atoms with Gasteiger partial charge >= 0.3 is 0 Å². The molecule has 0 aliphatic rings. The molecular weight excluding hydrogens is 657 g/mol. The summed E-state index contributed by atoms with van der Waals surface area (Å²) in [6.07, 6.45) is 0. The van der Waals surface area contributed by atoms with Crippen LogP contribution in [0.2, 0.25) is 0 Å². The fraction of sp³-hybridized carbons (Fsp3) is 0. The normalized spacial score (nSPS) is 11.7. The third kappa shape index (κ3) is 4.87. The number of furan rings is 1. The standard InChI is InChI=1S/C51H32N2O/c1-4-13-33(14-5-1)36-23-26-40-41-27-24-37(34-15-6-2-7-16-34)30-48(41)53(47(40)29-36)38-25-28-43-50(31-38)54-49-22-12-20-42(51(43)49)46-32-44(35-17-8-3-9-18-35)39-19-10-11-21-45(39)52-46/h1-32H. The third-order valence-corrected chi connectivity index (χ3v) is 10.8. The molecule has 0 radical (unpaired) electrons. The van der Waals surface area contributed by atoms with Crippen LogP contribution in [0.4, 0.5) is 0 Å². The van der Waals surface area contributed by atoms with Crippen LogP contribution >= 0.6 is 0 Å². The van der Waals surface area contributed by atoms with Crippen molar-refractivity contribution >= 4 is 54.6 Å². The van der Waals surface area contributed by atoms with E-state index in [1.165, 1.54) is 44.2 Å². The van der Waals surface area contributed by atoms with E-state index in [0.717, 1.165) is 60.8 Å². The van der Waals surface area contributed by atoms with Crippen LogP contribution in [0.25, 0.3) is 105 Å². The van der Waals surface area contributed by atoms with Gasteiger partial charge in [0.15, 0.2) is 0 Å². The number of pyridine rings is 1. The van der Waals surface area contributed by atoms with Crippen LogP contribution in [0.1, 0.15) is 0 Å². The van der Waals surface area contributed by atoms with Crippen LogP contribution in [0.3, 0.4) is 0 Å². The molecule has 11 aromatic rings. The second-order valence-electron chi connectivity index (χ2n) is 13.9. The highest BCUT2D eigenvalue weighted by atomic mass is 16.3. The number of hydrogen-bond acceptors (Lipinski definition) is 2. The molecule has 0 N–H and O–H groups in total. The largest absolute Gasteiger partial charge is 0.456 e. The van der Waals surface area contributed by atoms with Crippen LogP contribution in [0.15, 0.2) is 199 Å². The molecule has 0 aliphatic heterocycles. The summed E-state index contributed by atoms with van der Waals surface area (Å²) in [5, 5.41) is 5.70. The summed E-state index contributed by atoms with van der Waals surface area (Å²) in [6.45, 7) is 0. The topological polar surface area (TPSA) is 31.0 Å². The molecule has 11 rings (SSSR count). The summed E-state index contributed by atoms with van der Waals surface area (Å²) in [5.74, 6) is 0. The van der Waals surface area contributed by atoms with E-state index in [1.54, 1.807) is 0 Å². The smallest absolute Gasteiger partial charge is 0.137 e. The highest BCUT2D eigenvalue weighted by molar-refractivity contribution is 6.14. The van der Waals surface area contributed by atoms with Gasteiger partial charge in [0.1, 0.15) is 11.2 Å². The molecule has 0 spiro atoms. The minimum atomic E-state index is 0.840. The van der Waals surface area contributed by atoms with Gasteiger partial charge in [-0.25, -0.2) is 4.98 Å². The molecule has 252 valence electrons. The Kier molecular flexibility index (Phi) is 6.86. The lowest BCUT2D eigenvalue weighted by molar-refractivity contribution is 0.668. The highest BCUT2D eigenvalue weighted by Gasteiger charge is 2.19. The van der Waals surface area contributed by atoms with E-state index < -0.39 is 0 Å². The van der Waals surface area contributed by atoms with Crippen molar-refractivity contribution in [2.75, 3.05) is 0 Å².